The van der Waals surface area contributed by atoms with Gasteiger partial charge in [0, 0.05) is 10.7 Å². The number of pyridine rings is 1. The van der Waals surface area contributed by atoms with Gasteiger partial charge in [-0.3, -0.25) is 14.8 Å². The highest BCUT2D eigenvalue weighted by atomic mass is 79.9. The Morgan fingerprint density at radius 3 is 2.81 bits per heavy atom. The molecular weight excluding hydrogens is 270 g/mol. The fourth-order valence-electron chi connectivity index (χ4n) is 1.55. The van der Waals surface area contributed by atoms with Crippen LogP contribution in [0.2, 0.25) is 0 Å². The van der Waals surface area contributed by atoms with Crippen LogP contribution >= 0.6 is 15.9 Å². The van der Waals surface area contributed by atoms with Crippen molar-refractivity contribution in [3.05, 3.63) is 28.5 Å². The lowest BCUT2D eigenvalue weighted by Gasteiger charge is -2.06. The van der Waals surface area contributed by atoms with Crippen molar-refractivity contribution in [1.82, 2.24) is 10.3 Å². The van der Waals surface area contributed by atoms with Gasteiger partial charge in [-0.15, -0.1) is 0 Å². The lowest BCUT2D eigenvalue weighted by Crippen LogP contribution is -2.31. The molecule has 4 nitrogen and oxygen atoms in total. The molecule has 2 rings (SSSR count). The van der Waals surface area contributed by atoms with Gasteiger partial charge in [-0.2, -0.15) is 0 Å². The second-order valence-corrected chi connectivity index (χ2v) is 4.84. The molecule has 5 heteroatoms. The molecule has 2 heterocycles. The van der Waals surface area contributed by atoms with Crippen LogP contribution in [-0.4, -0.2) is 22.8 Å². The van der Waals surface area contributed by atoms with E-state index in [1.54, 1.807) is 6.20 Å². The van der Waals surface area contributed by atoms with Gasteiger partial charge < -0.3 is 5.32 Å². The first-order chi connectivity index (χ1) is 7.59. The maximum Gasteiger partial charge on any atom is 0.250 e. The Morgan fingerprint density at radius 1 is 1.50 bits per heavy atom. The Hall–Kier alpha value is -1.23. The number of nitrogens with zero attached hydrogens (tertiary/aromatic N) is 2. The van der Waals surface area contributed by atoms with Crippen LogP contribution in [0.25, 0.3) is 0 Å². The van der Waals surface area contributed by atoms with E-state index in [1.165, 1.54) is 0 Å². The minimum absolute atomic E-state index is 0.0532. The number of hydrogen-bond acceptors (Lipinski definition) is 3. The first kappa shape index (κ1) is 11.3. The molecule has 0 aliphatic carbocycles. The maximum atomic E-state index is 11.6. The largest absolute Gasteiger partial charge is 0.307 e. The summed E-state index contributed by atoms with van der Waals surface area (Å²) in [6, 6.07) is 3.40. The van der Waals surface area contributed by atoms with Crippen molar-refractivity contribution in [2.75, 3.05) is 0 Å². The molecule has 16 heavy (non-hydrogen) atoms. The molecule has 1 amide bonds. The van der Waals surface area contributed by atoms with Gasteiger partial charge in [0.2, 0.25) is 0 Å². The SMILES string of the molecule is CC(C)C1N=C(c2ncccc2Br)NC1=O. The van der Waals surface area contributed by atoms with E-state index < -0.39 is 0 Å². The van der Waals surface area contributed by atoms with Crippen LogP contribution in [0.1, 0.15) is 19.5 Å². The fraction of sp³-hybridized carbons (Fsp3) is 0.364. The summed E-state index contributed by atoms with van der Waals surface area (Å²) in [4.78, 5) is 20.2. The van der Waals surface area contributed by atoms with E-state index in [2.05, 4.69) is 31.2 Å². The Labute approximate surface area is 102 Å². The van der Waals surface area contributed by atoms with Gasteiger partial charge in [0.1, 0.15) is 11.7 Å². The van der Waals surface area contributed by atoms with E-state index in [1.807, 2.05) is 26.0 Å². The first-order valence-electron chi connectivity index (χ1n) is 5.09. The third-order valence-electron chi connectivity index (χ3n) is 2.39. The normalized spacial score (nSPS) is 19.9. The fourth-order valence-corrected chi connectivity index (χ4v) is 2.00. The Balaban J connectivity index is 2.34. The minimum atomic E-state index is -0.302. The topological polar surface area (TPSA) is 54.4 Å². The molecule has 0 aromatic carbocycles. The summed E-state index contributed by atoms with van der Waals surface area (Å²) in [7, 11) is 0. The van der Waals surface area contributed by atoms with Gasteiger partial charge in [0.05, 0.1) is 0 Å². The number of aromatic nitrogens is 1. The van der Waals surface area contributed by atoms with E-state index >= 15 is 0 Å². The number of amidine groups is 1. The summed E-state index contributed by atoms with van der Waals surface area (Å²) in [5.41, 5.74) is 0.680. The molecule has 1 atom stereocenters. The number of rotatable bonds is 2. The number of aliphatic imine (C=N–C) groups is 1. The molecule has 0 saturated heterocycles. The lowest BCUT2D eigenvalue weighted by molar-refractivity contribution is -0.120. The van der Waals surface area contributed by atoms with Crippen LogP contribution in [-0.2, 0) is 4.79 Å². The number of nitrogens with one attached hydrogen (secondary N) is 1. The Bertz CT molecular complexity index is 456. The van der Waals surface area contributed by atoms with Crippen molar-refractivity contribution in [3.8, 4) is 0 Å². The summed E-state index contributed by atoms with van der Waals surface area (Å²) in [5, 5.41) is 2.76. The molecule has 1 aliphatic rings. The smallest absolute Gasteiger partial charge is 0.250 e. The first-order valence-corrected chi connectivity index (χ1v) is 5.88. The lowest BCUT2D eigenvalue weighted by atomic mass is 10.1. The van der Waals surface area contributed by atoms with Crippen molar-refractivity contribution >= 4 is 27.7 Å². The van der Waals surface area contributed by atoms with E-state index in [-0.39, 0.29) is 17.9 Å². The third kappa shape index (κ3) is 2.00. The number of halogens is 1. The molecule has 84 valence electrons. The van der Waals surface area contributed by atoms with E-state index in [0.717, 1.165) is 4.47 Å². The third-order valence-corrected chi connectivity index (χ3v) is 3.03. The van der Waals surface area contributed by atoms with Crippen LogP contribution in [0.5, 0.6) is 0 Å². The van der Waals surface area contributed by atoms with Gasteiger partial charge in [0.25, 0.3) is 5.91 Å². The minimum Gasteiger partial charge on any atom is -0.307 e. The van der Waals surface area contributed by atoms with Gasteiger partial charge in [0.15, 0.2) is 5.84 Å². The van der Waals surface area contributed by atoms with Crippen molar-refractivity contribution in [3.63, 3.8) is 0 Å². The van der Waals surface area contributed by atoms with Crippen LogP contribution in [0, 0.1) is 5.92 Å². The molecule has 1 aromatic rings. The summed E-state index contributed by atoms with van der Waals surface area (Å²) in [5.74, 6) is 0.693. The maximum absolute atomic E-state index is 11.6. The van der Waals surface area contributed by atoms with Crippen LogP contribution in [0.15, 0.2) is 27.8 Å². The second-order valence-electron chi connectivity index (χ2n) is 3.99. The molecule has 0 fully saturated rings. The van der Waals surface area contributed by atoms with Crippen LogP contribution in [0.3, 0.4) is 0 Å². The van der Waals surface area contributed by atoms with Crippen molar-refractivity contribution < 1.29 is 4.79 Å². The molecule has 0 radical (unpaired) electrons. The number of amides is 1. The molecule has 1 aliphatic heterocycles. The average Bonchev–Trinajstić information content (AvgIpc) is 2.61. The predicted molar refractivity (Wildman–Crippen MR) is 65.2 cm³/mol. The zero-order chi connectivity index (χ0) is 11.7. The van der Waals surface area contributed by atoms with Gasteiger partial charge >= 0.3 is 0 Å². The highest BCUT2D eigenvalue weighted by molar-refractivity contribution is 9.10. The van der Waals surface area contributed by atoms with Crippen molar-refractivity contribution in [2.45, 2.75) is 19.9 Å². The summed E-state index contributed by atoms with van der Waals surface area (Å²) >= 11 is 3.39. The standard InChI is InChI=1S/C11H12BrN3O/c1-6(2)8-11(16)15-10(14-8)9-7(12)4-3-5-13-9/h3-6,8H,1-2H3,(H,14,15,16). The molecule has 1 N–H and O–H groups in total. The Kier molecular flexibility index (Phi) is 3.05. The van der Waals surface area contributed by atoms with E-state index in [0.29, 0.717) is 11.5 Å². The zero-order valence-electron chi connectivity index (χ0n) is 9.07. The average molecular weight is 282 g/mol. The zero-order valence-corrected chi connectivity index (χ0v) is 10.7. The predicted octanol–water partition coefficient (Wildman–Crippen LogP) is 1.75. The summed E-state index contributed by atoms with van der Waals surface area (Å²) in [6.07, 6.45) is 1.68. The molecule has 1 aromatic heterocycles. The van der Waals surface area contributed by atoms with E-state index in [9.17, 15) is 4.79 Å². The molecule has 1 unspecified atom stereocenters. The van der Waals surface area contributed by atoms with Gasteiger partial charge in [-0.05, 0) is 34.0 Å². The highest BCUT2D eigenvalue weighted by Crippen LogP contribution is 2.18. The van der Waals surface area contributed by atoms with Gasteiger partial charge in [-0.1, -0.05) is 13.8 Å². The molecular formula is C11H12BrN3O. The van der Waals surface area contributed by atoms with Crippen LogP contribution in [0.4, 0.5) is 0 Å². The highest BCUT2D eigenvalue weighted by Gasteiger charge is 2.30. The quantitative estimate of drug-likeness (QED) is 0.898. The Morgan fingerprint density at radius 2 is 2.25 bits per heavy atom. The summed E-state index contributed by atoms with van der Waals surface area (Å²) in [6.45, 7) is 3.95. The monoisotopic (exact) mass is 281 g/mol. The molecule has 0 bridgehead atoms. The number of carbonyl (C=O) groups is 1. The van der Waals surface area contributed by atoms with Gasteiger partial charge in [-0.25, -0.2) is 0 Å². The molecule has 0 spiro atoms. The van der Waals surface area contributed by atoms with Crippen LogP contribution < -0.4 is 5.32 Å². The second kappa shape index (κ2) is 4.33. The van der Waals surface area contributed by atoms with Crippen molar-refractivity contribution in [2.24, 2.45) is 10.9 Å². The van der Waals surface area contributed by atoms with Crippen molar-refractivity contribution in [1.29, 1.82) is 0 Å². The number of hydrogen-bond donors (Lipinski definition) is 1. The number of carbonyl (C=O) groups excluding carboxylic acids is 1. The molecule has 0 saturated carbocycles. The van der Waals surface area contributed by atoms with E-state index in [4.69, 9.17) is 0 Å². The summed E-state index contributed by atoms with van der Waals surface area (Å²) < 4.78 is 0.832.